The van der Waals surface area contributed by atoms with Crippen molar-refractivity contribution >= 4 is 109 Å². The topological polar surface area (TPSA) is 43.9 Å². The molecule has 8 aromatic carbocycles. The van der Waals surface area contributed by atoms with Crippen LogP contribution < -0.4 is 0 Å². The highest BCUT2D eigenvalue weighted by molar-refractivity contribution is 7.27. The largest absolute Gasteiger partial charge is 0.436 e. The molecule has 0 N–H and O–H groups in total. The van der Waals surface area contributed by atoms with Gasteiger partial charge in [0.1, 0.15) is 11.1 Å². The van der Waals surface area contributed by atoms with Crippen molar-refractivity contribution in [3.8, 4) is 28.1 Å². The lowest BCUT2D eigenvalue weighted by Crippen LogP contribution is -2.00. The molecule has 6 heteroatoms. The third kappa shape index (κ3) is 4.19. The number of fused-ring (bicyclic) bond motifs is 14. The van der Waals surface area contributed by atoms with E-state index in [1.54, 1.807) is 0 Å². The zero-order valence-corrected chi connectivity index (χ0v) is 30.1. The minimum Gasteiger partial charge on any atom is -0.436 e. The number of thiophene rings is 1. The molecule has 0 spiro atoms. The van der Waals surface area contributed by atoms with Crippen LogP contribution in [0.15, 0.2) is 162 Å². The third-order valence-electron chi connectivity index (χ3n) is 10.9. The number of benzene rings is 8. The first-order valence-corrected chi connectivity index (χ1v) is 19.1. The van der Waals surface area contributed by atoms with E-state index in [2.05, 4.69) is 138 Å². The summed E-state index contributed by atoms with van der Waals surface area (Å²) >= 11 is 9.10. The molecule has 4 heterocycles. The molecular weight excluding hydrogens is 702 g/mol. The van der Waals surface area contributed by atoms with Crippen LogP contribution >= 0.6 is 22.9 Å². The highest BCUT2D eigenvalue weighted by atomic mass is 35.5. The molecule has 0 bridgehead atoms. The monoisotopic (exact) mass is 727 g/mol. The molecule has 0 saturated heterocycles. The molecule has 0 aliphatic carbocycles. The number of furan rings is 1. The molecule has 0 saturated carbocycles. The van der Waals surface area contributed by atoms with Crippen LogP contribution in [0.25, 0.3) is 114 Å². The lowest BCUT2D eigenvalue weighted by Gasteiger charge is -2.10. The van der Waals surface area contributed by atoms with Crippen LogP contribution in [0.5, 0.6) is 0 Å². The van der Waals surface area contributed by atoms with Gasteiger partial charge in [-0.25, -0.2) is 4.98 Å². The van der Waals surface area contributed by atoms with Crippen LogP contribution in [0.1, 0.15) is 0 Å². The summed E-state index contributed by atoms with van der Waals surface area (Å²) < 4.78 is 11.3. The smallest absolute Gasteiger partial charge is 0.247 e. The predicted molar refractivity (Wildman–Crippen MR) is 227 cm³/mol. The zero-order chi connectivity index (χ0) is 35.5. The Morgan fingerprint density at radius 1 is 0.537 bits per heavy atom. The minimum atomic E-state index is 0.280. The molecular formula is C48H26ClN3OS. The van der Waals surface area contributed by atoms with E-state index in [1.165, 1.54) is 47.1 Å². The molecule has 0 unspecified atom stereocenters. The maximum Gasteiger partial charge on any atom is 0.247 e. The summed E-state index contributed by atoms with van der Waals surface area (Å²) in [6.45, 7) is 0. The predicted octanol–water partition coefficient (Wildman–Crippen LogP) is 14.1. The van der Waals surface area contributed by atoms with E-state index in [-0.39, 0.29) is 5.15 Å². The summed E-state index contributed by atoms with van der Waals surface area (Å²) in [5.41, 5.74) is 8.13. The van der Waals surface area contributed by atoms with E-state index in [4.69, 9.17) is 26.0 Å². The van der Waals surface area contributed by atoms with Crippen molar-refractivity contribution in [2.45, 2.75) is 0 Å². The Balaban J connectivity index is 1.24. The second-order valence-electron chi connectivity index (χ2n) is 13.8. The lowest BCUT2D eigenvalue weighted by molar-refractivity contribution is 0.653. The third-order valence-corrected chi connectivity index (χ3v) is 12.3. The Kier molecular flexibility index (Phi) is 6.24. The van der Waals surface area contributed by atoms with E-state index < -0.39 is 0 Å². The van der Waals surface area contributed by atoms with Gasteiger partial charge in [0.25, 0.3) is 0 Å². The van der Waals surface area contributed by atoms with Gasteiger partial charge in [-0.15, -0.1) is 11.3 Å². The number of halogens is 1. The molecule has 0 amide bonds. The molecule has 12 aromatic rings. The second-order valence-corrected chi connectivity index (χ2v) is 15.3. The van der Waals surface area contributed by atoms with Crippen LogP contribution in [0.2, 0.25) is 5.15 Å². The molecule has 0 atom stereocenters. The molecule has 0 aliphatic heterocycles. The van der Waals surface area contributed by atoms with Crippen LogP contribution in [-0.2, 0) is 0 Å². The van der Waals surface area contributed by atoms with Gasteiger partial charge in [0, 0.05) is 37.2 Å². The molecule has 12 rings (SSSR count). The average Bonchev–Trinajstić information content (AvgIpc) is 3.89. The molecule has 4 nitrogen and oxygen atoms in total. The van der Waals surface area contributed by atoms with Gasteiger partial charge < -0.3 is 4.42 Å². The lowest BCUT2D eigenvalue weighted by atomic mass is 9.96. The van der Waals surface area contributed by atoms with Gasteiger partial charge in [0.2, 0.25) is 5.71 Å². The highest BCUT2D eigenvalue weighted by Crippen LogP contribution is 2.49. The quantitative estimate of drug-likeness (QED) is 0.182. The summed E-state index contributed by atoms with van der Waals surface area (Å²) in [7, 11) is 0. The van der Waals surface area contributed by atoms with Gasteiger partial charge in [0.15, 0.2) is 11.0 Å². The van der Waals surface area contributed by atoms with E-state index >= 15 is 0 Å². The second kappa shape index (κ2) is 11.2. The van der Waals surface area contributed by atoms with Gasteiger partial charge in [-0.2, -0.15) is 4.98 Å². The Morgan fingerprint density at radius 3 is 1.96 bits per heavy atom. The Labute approximate surface area is 317 Å². The Bertz CT molecular complexity index is 3510. The van der Waals surface area contributed by atoms with Gasteiger partial charge >= 0.3 is 0 Å². The molecule has 0 aliphatic rings. The number of para-hydroxylation sites is 1. The zero-order valence-electron chi connectivity index (χ0n) is 28.5. The summed E-state index contributed by atoms with van der Waals surface area (Å²) in [6.07, 6.45) is 0. The van der Waals surface area contributed by atoms with Crippen LogP contribution in [-0.4, -0.2) is 14.5 Å². The standard InChI is InChI=1S/C48H26ClN3OS/c49-46-47(50-42-37-25-31(27-13-3-1-4-14-27)24-35(28-15-5-2-6-16-28)44(37)53-48(42)51-46)52-38-22-12-11-21-34(38)40-32-19-9-10-20-33(32)41-36-23-29-17-7-8-18-30(29)26-39(36)54-45(41)43(40)52/h1-26H. The summed E-state index contributed by atoms with van der Waals surface area (Å²) in [6, 6.07) is 55.8. The van der Waals surface area contributed by atoms with Crippen molar-refractivity contribution in [2.75, 3.05) is 0 Å². The number of hydrogen-bond acceptors (Lipinski definition) is 4. The number of aromatic nitrogens is 3. The SMILES string of the molecule is Clc1nc2oc3c(-c4ccccc4)cc(-c4ccccc4)cc3c2nc1-n1c2ccccc2c2c3ccccc3c3c4cc5ccccc5cc4sc3c21. The minimum absolute atomic E-state index is 0.280. The number of rotatable bonds is 3. The van der Waals surface area contributed by atoms with Gasteiger partial charge in [-0.05, 0) is 68.6 Å². The maximum absolute atomic E-state index is 7.27. The molecule has 4 aromatic heterocycles. The molecule has 252 valence electrons. The normalized spacial score (nSPS) is 12.2. The van der Waals surface area contributed by atoms with Crippen LogP contribution in [0.3, 0.4) is 0 Å². The average molecular weight is 728 g/mol. The Morgan fingerprint density at radius 2 is 1.19 bits per heavy atom. The summed E-state index contributed by atoms with van der Waals surface area (Å²) in [5.74, 6) is 0.573. The first kappa shape index (κ1) is 30.0. The fraction of sp³-hybridized carbons (Fsp3) is 0. The van der Waals surface area contributed by atoms with Gasteiger partial charge in [-0.3, -0.25) is 4.57 Å². The van der Waals surface area contributed by atoms with E-state index in [1.807, 2.05) is 35.6 Å². The summed E-state index contributed by atoms with van der Waals surface area (Å²) in [5, 5.41) is 10.9. The van der Waals surface area contributed by atoms with Gasteiger partial charge in [0.05, 0.1) is 15.7 Å². The van der Waals surface area contributed by atoms with Crippen LogP contribution in [0, 0.1) is 0 Å². The highest BCUT2D eigenvalue weighted by Gasteiger charge is 2.26. The Hall–Kier alpha value is -6.53. The fourth-order valence-corrected chi connectivity index (χ4v) is 10.00. The van der Waals surface area contributed by atoms with Crippen molar-refractivity contribution in [3.05, 3.63) is 163 Å². The van der Waals surface area contributed by atoms with Crippen molar-refractivity contribution in [1.29, 1.82) is 0 Å². The fourth-order valence-electron chi connectivity index (χ4n) is 8.50. The van der Waals surface area contributed by atoms with E-state index in [0.29, 0.717) is 17.0 Å². The van der Waals surface area contributed by atoms with E-state index in [0.717, 1.165) is 49.6 Å². The first-order valence-electron chi connectivity index (χ1n) is 17.9. The van der Waals surface area contributed by atoms with Crippen molar-refractivity contribution < 1.29 is 4.42 Å². The van der Waals surface area contributed by atoms with Crippen molar-refractivity contribution in [2.24, 2.45) is 0 Å². The maximum atomic E-state index is 7.27. The molecule has 0 radical (unpaired) electrons. The number of nitrogens with zero attached hydrogens (tertiary/aromatic N) is 3. The molecule has 0 fully saturated rings. The number of hydrogen-bond donors (Lipinski definition) is 0. The van der Waals surface area contributed by atoms with Gasteiger partial charge in [-0.1, -0.05) is 139 Å². The molecule has 54 heavy (non-hydrogen) atoms. The summed E-state index contributed by atoms with van der Waals surface area (Å²) in [4.78, 5) is 10.4. The van der Waals surface area contributed by atoms with Crippen molar-refractivity contribution in [3.63, 3.8) is 0 Å². The van der Waals surface area contributed by atoms with Crippen LogP contribution in [0.4, 0.5) is 0 Å². The first-order chi connectivity index (χ1) is 26.7. The van der Waals surface area contributed by atoms with E-state index in [9.17, 15) is 0 Å². The van der Waals surface area contributed by atoms with Crippen molar-refractivity contribution in [1.82, 2.24) is 14.5 Å².